The van der Waals surface area contributed by atoms with E-state index in [-0.39, 0.29) is 0 Å². The lowest BCUT2D eigenvalue weighted by atomic mass is 10.1. The number of nitrogens with zero attached hydrogens (tertiary/aromatic N) is 1. The number of aromatic carboxylic acids is 1. The van der Waals surface area contributed by atoms with E-state index in [1.807, 2.05) is 66.9 Å². The van der Waals surface area contributed by atoms with E-state index >= 15 is 0 Å². The Labute approximate surface area is 170 Å². The van der Waals surface area contributed by atoms with Gasteiger partial charge in [0.2, 0.25) is 0 Å². The summed E-state index contributed by atoms with van der Waals surface area (Å²) in [6.45, 7) is 4.78. The number of hydrogen-bond acceptors (Lipinski definition) is 4. The van der Waals surface area contributed by atoms with Crippen LogP contribution in [0.1, 0.15) is 32.9 Å². The Bertz CT molecular complexity index is 1010. The second-order valence-corrected chi connectivity index (χ2v) is 6.78. The van der Waals surface area contributed by atoms with Crippen LogP contribution in [0.15, 0.2) is 48.5 Å². The molecule has 29 heavy (non-hydrogen) atoms. The maximum Gasteiger partial charge on any atom is 0.337 e. The summed E-state index contributed by atoms with van der Waals surface area (Å²) in [7, 11) is 3.23. The standard InChI is InChI=1S/C23H26N2O4/c1-15-20(14-24-13-17-10-11-19(28-3)12-21(17)29-4)22(23(26)27)16(2)25(15)18-8-6-5-7-9-18/h5-12,24H,13-14H2,1-4H3,(H,26,27). The highest BCUT2D eigenvalue weighted by atomic mass is 16.5. The van der Waals surface area contributed by atoms with Gasteiger partial charge < -0.3 is 24.5 Å². The fraction of sp³-hybridized carbons (Fsp3) is 0.261. The highest BCUT2D eigenvalue weighted by Crippen LogP contribution is 2.27. The first-order valence-electron chi connectivity index (χ1n) is 9.39. The first-order valence-corrected chi connectivity index (χ1v) is 9.39. The number of methoxy groups -OCH3 is 2. The fourth-order valence-electron chi connectivity index (χ4n) is 3.68. The van der Waals surface area contributed by atoms with Crippen LogP contribution < -0.4 is 14.8 Å². The van der Waals surface area contributed by atoms with Crippen LogP contribution in [0, 0.1) is 13.8 Å². The second kappa shape index (κ2) is 8.84. The molecule has 0 unspecified atom stereocenters. The van der Waals surface area contributed by atoms with Crippen LogP contribution in [0.3, 0.4) is 0 Å². The number of carboxylic acids is 1. The lowest BCUT2D eigenvalue weighted by Crippen LogP contribution is -2.16. The topological polar surface area (TPSA) is 72.7 Å². The third-order valence-corrected chi connectivity index (χ3v) is 5.11. The number of carbonyl (C=O) groups is 1. The molecule has 0 atom stereocenters. The molecule has 6 nitrogen and oxygen atoms in total. The molecular weight excluding hydrogens is 368 g/mol. The summed E-state index contributed by atoms with van der Waals surface area (Å²) < 4.78 is 12.7. The average molecular weight is 394 g/mol. The lowest BCUT2D eigenvalue weighted by Gasteiger charge is -2.12. The minimum Gasteiger partial charge on any atom is -0.497 e. The zero-order valence-corrected chi connectivity index (χ0v) is 17.2. The number of benzene rings is 2. The predicted octanol–water partition coefficient (Wildman–Crippen LogP) is 4.10. The summed E-state index contributed by atoms with van der Waals surface area (Å²) in [4.78, 5) is 12.0. The molecule has 2 aromatic carbocycles. The summed E-state index contributed by atoms with van der Waals surface area (Å²) in [5, 5.41) is 13.2. The van der Waals surface area contributed by atoms with Gasteiger partial charge in [-0.25, -0.2) is 4.79 Å². The van der Waals surface area contributed by atoms with E-state index in [0.717, 1.165) is 39.7 Å². The van der Waals surface area contributed by atoms with Crippen LogP contribution in [0.25, 0.3) is 5.69 Å². The van der Waals surface area contributed by atoms with Crippen molar-refractivity contribution in [1.82, 2.24) is 9.88 Å². The van der Waals surface area contributed by atoms with Gasteiger partial charge in [-0.05, 0) is 32.0 Å². The molecule has 0 aliphatic heterocycles. The summed E-state index contributed by atoms with van der Waals surface area (Å²) in [5.41, 5.74) is 4.70. The number of aromatic nitrogens is 1. The number of hydrogen-bond donors (Lipinski definition) is 2. The molecule has 0 saturated carbocycles. The Morgan fingerprint density at radius 3 is 2.34 bits per heavy atom. The summed E-state index contributed by atoms with van der Waals surface area (Å²) in [6, 6.07) is 15.4. The molecule has 0 spiro atoms. The van der Waals surface area contributed by atoms with E-state index in [0.29, 0.717) is 18.7 Å². The Morgan fingerprint density at radius 1 is 1.00 bits per heavy atom. The van der Waals surface area contributed by atoms with E-state index in [9.17, 15) is 9.90 Å². The molecule has 6 heteroatoms. The minimum absolute atomic E-state index is 0.348. The Balaban J connectivity index is 1.87. The maximum absolute atomic E-state index is 12.0. The van der Waals surface area contributed by atoms with Crippen molar-refractivity contribution >= 4 is 5.97 Å². The molecule has 0 aliphatic carbocycles. The van der Waals surface area contributed by atoms with E-state index in [4.69, 9.17) is 9.47 Å². The highest BCUT2D eigenvalue weighted by Gasteiger charge is 2.23. The van der Waals surface area contributed by atoms with Gasteiger partial charge in [0.25, 0.3) is 0 Å². The zero-order chi connectivity index (χ0) is 21.0. The van der Waals surface area contributed by atoms with Gasteiger partial charge in [0.1, 0.15) is 11.5 Å². The molecule has 0 aliphatic rings. The molecular formula is C23H26N2O4. The predicted molar refractivity (Wildman–Crippen MR) is 112 cm³/mol. The molecule has 0 amide bonds. The molecule has 0 saturated heterocycles. The van der Waals surface area contributed by atoms with Gasteiger partial charge in [0.05, 0.1) is 19.8 Å². The van der Waals surface area contributed by atoms with Gasteiger partial charge in [-0.1, -0.05) is 24.3 Å². The van der Waals surface area contributed by atoms with Crippen LogP contribution in [-0.4, -0.2) is 29.9 Å². The summed E-state index contributed by atoms with van der Waals surface area (Å²) in [5.74, 6) is 0.536. The zero-order valence-electron chi connectivity index (χ0n) is 17.2. The van der Waals surface area contributed by atoms with Crippen molar-refractivity contribution in [1.29, 1.82) is 0 Å². The number of ether oxygens (including phenoxy) is 2. The van der Waals surface area contributed by atoms with Crippen molar-refractivity contribution in [2.24, 2.45) is 0 Å². The minimum atomic E-state index is -0.917. The highest BCUT2D eigenvalue weighted by molar-refractivity contribution is 5.91. The fourth-order valence-corrected chi connectivity index (χ4v) is 3.68. The first kappa shape index (κ1) is 20.5. The van der Waals surface area contributed by atoms with Crippen molar-refractivity contribution in [3.63, 3.8) is 0 Å². The molecule has 3 rings (SSSR count). The van der Waals surface area contributed by atoms with Gasteiger partial charge in [-0.2, -0.15) is 0 Å². The average Bonchev–Trinajstić information content (AvgIpc) is 2.98. The lowest BCUT2D eigenvalue weighted by molar-refractivity contribution is 0.0695. The van der Waals surface area contributed by atoms with Gasteiger partial charge in [0.15, 0.2) is 0 Å². The monoisotopic (exact) mass is 394 g/mol. The van der Waals surface area contributed by atoms with E-state index < -0.39 is 5.97 Å². The van der Waals surface area contributed by atoms with Crippen LogP contribution in [0.4, 0.5) is 0 Å². The molecule has 152 valence electrons. The number of rotatable bonds is 8. The van der Waals surface area contributed by atoms with E-state index in [2.05, 4.69) is 5.32 Å². The molecule has 0 radical (unpaired) electrons. The Kier molecular flexibility index (Phi) is 6.24. The van der Waals surface area contributed by atoms with Gasteiger partial charge in [-0.3, -0.25) is 0 Å². The molecule has 3 aromatic rings. The van der Waals surface area contributed by atoms with Crippen molar-refractivity contribution < 1.29 is 19.4 Å². The molecule has 1 heterocycles. The second-order valence-electron chi connectivity index (χ2n) is 6.78. The van der Waals surface area contributed by atoms with Crippen molar-refractivity contribution in [3.05, 3.63) is 76.6 Å². The largest absolute Gasteiger partial charge is 0.497 e. The van der Waals surface area contributed by atoms with Crippen LogP contribution >= 0.6 is 0 Å². The maximum atomic E-state index is 12.0. The van der Waals surface area contributed by atoms with Crippen LogP contribution in [-0.2, 0) is 13.1 Å². The first-order chi connectivity index (χ1) is 14.0. The smallest absolute Gasteiger partial charge is 0.337 e. The van der Waals surface area contributed by atoms with Crippen molar-refractivity contribution in [3.8, 4) is 17.2 Å². The van der Waals surface area contributed by atoms with Crippen molar-refractivity contribution in [2.75, 3.05) is 14.2 Å². The molecule has 1 aromatic heterocycles. The van der Waals surface area contributed by atoms with Gasteiger partial charge in [-0.15, -0.1) is 0 Å². The van der Waals surface area contributed by atoms with Gasteiger partial charge in [0, 0.05) is 47.4 Å². The third kappa shape index (κ3) is 4.12. The van der Waals surface area contributed by atoms with Crippen LogP contribution in [0.2, 0.25) is 0 Å². The molecule has 0 fully saturated rings. The number of nitrogens with one attached hydrogen (secondary N) is 1. The molecule has 0 bridgehead atoms. The van der Waals surface area contributed by atoms with E-state index in [1.54, 1.807) is 14.2 Å². The Hall–Kier alpha value is -3.25. The SMILES string of the molecule is COc1ccc(CNCc2c(C(=O)O)c(C)n(-c3ccccc3)c2C)c(OC)c1. The quantitative estimate of drug-likeness (QED) is 0.602. The van der Waals surface area contributed by atoms with E-state index in [1.165, 1.54) is 0 Å². The normalized spacial score (nSPS) is 10.8. The number of para-hydroxylation sites is 1. The Morgan fingerprint density at radius 2 is 1.72 bits per heavy atom. The summed E-state index contributed by atoms with van der Waals surface area (Å²) >= 11 is 0. The number of carboxylic acid groups (broad SMARTS) is 1. The van der Waals surface area contributed by atoms with Crippen molar-refractivity contribution in [2.45, 2.75) is 26.9 Å². The van der Waals surface area contributed by atoms with Crippen LogP contribution in [0.5, 0.6) is 11.5 Å². The third-order valence-electron chi connectivity index (χ3n) is 5.11. The molecule has 2 N–H and O–H groups in total. The van der Waals surface area contributed by atoms with Gasteiger partial charge >= 0.3 is 5.97 Å². The summed E-state index contributed by atoms with van der Waals surface area (Å²) in [6.07, 6.45) is 0.